The number of urea groups is 1. The number of amides is 4. The highest BCUT2D eigenvalue weighted by molar-refractivity contribution is 5.97. The number of anilines is 2. The summed E-state index contributed by atoms with van der Waals surface area (Å²) in [5.41, 5.74) is 6.32. The Morgan fingerprint density at radius 3 is 2.00 bits per heavy atom. The molecule has 1 aromatic carbocycles. The Morgan fingerprint density at radius 1 is 1.09 bits per heavy atom. The molecular formula is C15H22N4O3. The molecule has 120 valence electrons. The van der Waals surface area contributed by atoms with Crippen LogP contribution in [0.15, 0.2) is 24.3 Å². The average Bonchev–Trinajstić information content (AvgIpc) is 2.45. The SMILES string of the molecule is CC[C@@H](C)[C@H](NC(N)=O)C(=O)Nc1ccc(NC(C)=O)cc1. The van der Waals surface area contributed by atoms with Crippen molar-refractivity contribution >= 4 is 29.2 Å². The van der Waals surface area contributed by atoms with Crippen molar-refractivity contribution in [3.05, 3.63) is 24.3 Å². The average molecular weight is 306 g/mol. The predicted octanol–water partition coefficient (Wildman–Crippen LogP) is 1.67. The molecule has 1 rings (SSSR count). The second-order valence-electron chi connectivity index (χ2n) is 5.12. The van der Waals surface area contributed by atoms with Gasteiger partial charge in [0, 0.05) is 18.3 Å². The summed E-state index contributed by atoms with van der Waals surface area (Å²) < 4.78 is 0. The second-order valence-corrected chi connectivity index (χ2v) is 5.12. The van der Waals surface area contributed by atoms with Gasteiger partial charge in [0.25, 0.3) is 0 Å². The molecule has 0 saturated carbocycles. The van der Waals surface area contributed by atoms with Crippen LogP contribution in [0.2, 0.25) is 0 Å². The minimum atomic E-state index is -0.735. The van der Waals surface area contributed by atoms with E-state index in [-0.39, 0.29) is 17.7 Å². The number of primary amides is 1. The van der Waals surface area contributed by atoms with Crippen LogP contribution >= 0.6 is 0 Å². The smallest absolute Gasteiger partial charge is 0.312 e. The lowest BCUT2D eigenvalue weighted by molar-refractivity contribution is -0.119. The molecule has 0 radical (unpaired) electrons. The molecule has 2 atom stereocenters. The Balaban J connectivity index is 2.76. The van der Waals surface area contributed by atoms with Crippen LogP contribution in [0.5, 0.6) is 0 Å². The van der Waals surface area contributed by atoms with Crippen LogP contribution in [0.25, 0.3) is 0 Å². The molecule has 0 fully saturated rings. The van der Waals surface area contributed by atoms with Crippen molar-refractivity contribution in [3.63, 3.8) is 0 Å². The lowest BCUT2D eigenvalue weighted by Crippen LogP contribution is -2.49. The van der Waals surface area contributed by atoms with E-state index in [0.29, 0.717) is 11.4 Å². The first-order chi connectivity index (χ1) is 10.3. The molecule has 22 heavy (non-hydrogen) atoms. The summed E-state index contributed by atoms with van der Waals surface area (Å²) in [4.78, 5) is 34.2. The van der Waals surface area contributed by atoms with Crippen LogP contribution in [0.4, 0.5) is 16.2 Å². The largest absolute Gasteiger partial charge is 0.352 e. The fourth-order valence-corrected chi connectivity index (χ4v) is 1.92. The zero-order valence-corrected chi connectivity index (χ0v) is 13.0. The first-order valence-corrected chi connectivity index (χ1v) is 7.08. The van der Waals surface area contributed by atoms with Gasteiger partial charge in [0.05, 0.1) is 0 Å². The highest BCUT2D eigenvalue weighted by atomic mass is 16.2. The standard InChI is InChI=1S/C15H22N4O3/c1-4-9(2)13(19-15(16)22)14(21)18-12-7-5-11(6-8-12)17-10(3)20/h5-9,13H,4H2,1-3H3,(H,17,20)(H,18,21)(H3,16,19,22)/t9-,13+/m1/s1. The van der Waals surface area contributed by atoms with E-state index in [1.54, 1.807) is 24.3 Å². The number of rotatable bonds is 6. The van der Waals surface area contributed by atoms with Crippen LogP contribution in [0.1, 0.15) is 27.2 Å². The molecule has 0 saturated heterocycles. The van der Waals surface area contributed by atoms with E-state index >= 15 is 0 Å². The third-order valence-corrected chi connectivity index (χ3v) is 3.27. The Hall–Kier alpha value is -2.57. The molecule has 7 nitrogen and oxygen atoms in total. The van der Waals surface area contributed by atoms with Crippen molar-refractivity contribution < 1.29 is 14.4 Å². The van der Waals surface area contributed by atoms with Gasteiger partial charge in [-0.05, 0) is 30.2 Å². The minimum absolute atomic E-state index is 0.0499. The highest BCUT2D eigenvalue weighted by Crippen LogP contribution is 2.15. The zero-order chi connectivity index (χ0) is 16.7. The number of carbonyl (C=O) groups excluding carboxylic acids is 3. The van der Waals surface area contributed by atoms with Crippen LogP contribution in [0.3, 0.4) is 0 Å². The maximum atomic E-state index is 12.3. The molecule has 1 aromatic rings. The molecule has 5 N–H and O–H groups in total. The number of nitrogens with two attached hydrogens (primary N) is 1. The molecule has 7 heteroatoms. The van der Waals surface area contributed by atoms with Gasteiger partial charge in [-0.1, -0.05) is 20.3 Å². The summed E-state index contributed by atoms with van der Waals surface area (Å²) in [5.74, 6) is -0.550. The van der Waals surface area contributed by atoms with Gasteiger partial charge in [0.2, 0.25) is 11.8 Å². The summed E-state index contributed by atoms with van der Waals surface area (Å²) in [6.45, 7) is 5.21. The maximum absolute atomic E-state index is 12.3. The van der Waals surface area contributed by atoms with E-state index in [0.717, 1.165) is 6.42 Å². The first kappa shape index (κ1) is 17.5. The van der Waals surface area contributed by atoms with Gasteiger partial charge < -0.3 is 21.7 Å². The molecule has 0 bridgehead atoms. The molecule has 0 aromatic heterocycles. The molecular weight excluding hydrogens is 284 g/mol. The van der Waals surface area contributed by atoms with Gasteiger partial charge >= 0.3 is 6.03 Å². The minimum Gasteiger partial charge on any atom is -0.352 e. The third-order valence-electron chi connectivity index (χ3n) is 3.27. The Bertz CT molecular complexity index is 542. The van der Waals surface area contributed by atoms with Crippen molar-refractivity contribution in [1.29, 1.82) is 0 Å². The van der Waals surface area contributed by atoms with E-state index in [4.69, 9.17) is 5.73 Å². The number of hydrogen-bond donors (Lipinski definition) is 4. The van der Waals surface area contributed by atoms with Crippen LogP contribution in [-0.4, -0.2) is 23.9 Å². The summed E-state index contributed by atoms with van der Waals surface area (Å²) >= 11 is 0. The van der Waals surface area contributed by atoms with Crippen molar-refractivity contribution in [2.24, 2.45) is 11.7 Å². The van der Waals surface area contributed by atoms with Crippen LogP contribution in [-0.2, 0) is 9.59 Å². The number of carbonyl (C=O) groups is 3. The van der Waals surface area contributed by atoms with Gasteiger partial charge in [0.15, 0.2) is 0 Å². The van der Waals surface area contributed by atoms with Crippen molar-refractivity contribution in [1.82, 2.24) is 5.32 Å². The first-order valence-electron chi connectivity index (χ1n) is 7.08. The zero-order valence-electron chi connectivity index (χ0n) is 13.0. The van der Waals surface area contributed by atoms with Gasteiger partial charge in [-0.3, -0.25) is 9.59 Å². The summed E-state index contributed by atoms with van der Waals surface area (Å²) in [5, 5.41) is 7.82. The van der Waals surface area contributed by atoms with E-state index in [2.05, 4.69) is 16.0 Å². The van der Waals surface area contributed by atoms with E-state index in [9.17, 15) is 14.4 Å². The van der Waals surface area contributed by atoms with Crippen molar-refractivity contribution in [2.45, 2.75) is 33.2 Å². The van der Waals surface area contributed by atoms with Gasteiger partial charge in [0.1, 0.15) is 6.04 Å². The predicted molar refractivity (Wildman–Crippen MR) is 85.3 cm³/mol. The molecule has 0 spiro atoms. The molecule has 0 aliphatic carbocycles. The molecule has 0 aliphatic rings. The van der Waals surface area contributed by atoms with E-state index in [1.165, 1.54) is 6.92 Å². The lowest BCUT2D eigenvalue weighted by atomic mass is 9.98. The van der Waals surface area contributed by atoms with Crippen molar-refractivity contribution in [3.8, 4) is 0 Å². The third kappa shape index (κ3) is 5.43. The molecule has 4 amide bonds. The van der Waals surface area contributed by atoms with Crippen LogP contribution in [0, 0.1) is 5.92 Å². The van der Waals surface area contributed by atoms with Gasteiger partial charge in [-0.15, -0.1) is 0 Å². The Kier molecular flexibility index (Phi) is 6.37. The lowest BCUT2D eigenvalue weighted by Gasteiger charge is -2.22. The normalized spacial score (nSPS) is 12.9. The second kappa shape index (κ2) is 8.02. The van der Waals surface area contributed by atoms with Gasteiger partial charge in [-0.2, -0.15) is 0 Å². The topological polar surface area (TPSA) is 113 Å². The fraction of sp³-hybridized carbons (Fsp3) is 0.400. The maximum Gasteiger partial charge on any atom is 0.312 e. The molecule has 0 unspecified atom stereocenters. The van der Waals surface area contributed by atoms with Crippen molar-refractivity contribution in [2.75, 3.05) is 10.6 Å². The Morgan fingerprint density at radius 2 is 1.59 bits per heavy atom. The monoisotopic (exact) mass is 306 g/mol. The quantitative estimate of drug-likeness (QED) is 0.641. The highest BCUT2D eigenvalue weighted by Gasteiger charge is 2.25. The summed E-state index contributed by atoms with van der Waals surface area (Å²) in [7, 11) is 0. The summed E-state index contributed by atoms with van der Waals surface area (Å²) in [6, 6.07) is 5.26. The van der Waals surface area contributed by atoms with E-state index < -0.39 is 12.1 Å². The van der Waals surface area contributed by atoms with E-state index in [1.807, 2.05) is 13.8 Å². The van der Waals surface area contributed by atoms with Crippen LogP contribution < -0.4 is 21.7 Å². The van der Waals surface area contributed by atoms with Gasteiger partial charge in [-0.25, -0.2) is 4.79 Å². The number of benzene rings is 1. The number of nitrogens with one attached hydrogen (secondary N) is 3. The summed E-state index contributed by atoms with van der Waals surface area (Å²) in [6.07, 6.45) is 0.722. The Labute approximate surface area is 129 Å². The molecule has 0 heterocycles. The molecule has 0 aliphatic heterocycles. The fourth-order valence-electron chi connectivity index (χ4n) is 1.92. The number of hydrogen-bond acceptors (Lipinski definition) is 3.